The first-order valence-electron chi connectivity index (χ1n) is 7.68. The van der Waals surface area contributed by atoms with E-state index in [1.165, 1.54) is 33.6 Å². The lowest BCUT2D eigenvalue weighted by atomic mass is 10.2. The van der Waals surface area contributed by atoms with Crippen LogP contribution in [0.3, 0.4) is 0 Å². The van der Waals surface area contributed by atoms with Crippen molar-refractivity contribution in [3.63, 3.8) is 0 Å². The minimum atomic E-state index is -0.461. The first-order chi connectivity index (χ1) is 13.0. The van der Waals surface area contributed by atoms with Gasteiger partial charge >= 0.3 is 0 Å². The highest BCUT2D eigenvalue weighted by molar-refractivity contribution is 6.35. The normalized spacial score (nSPS) is 10.6. The Balaban J connectivity index is 1.99. The summed E-state index contributed by atoms with van der Waals surface area (Å²) >= 11 is 11.8. The van der Waals surface area contributed by atoms with E-state index in [9.17, 15) is 4.79 Å². The molecule has 0 saturated heterocycles. The molecule has 0 bridgehead atoms. The molecule has 0 aliphatic carbocycles. The van der Waals surface area contributed by atoms with Crippen molar-refractivity contribution < 1.29 is 23.7 Å². The van der Waals surface area contributed by atoms with Crippen molar-refractivity contribution in [1.82, 2.24) is 5.43 Å². The predicted molar refractivity (Wildman–Crippen MR) is 104 cm³/mol. The van der Waals surface area contributed by atoms with Crippen LogP contribution in [0.5, 0.6) is 23.0 Å². The van der Waals surface area contributed by atoms with Crippen LogP contribution in [0.15, 0.2) is 35.4 Å². The van der Waals surface area contributed by atoms with Crippen LogP contribution in [0.2, 0.25) is 10.0 Å². The van der Waals surface area contributed by atoms with Crippen molar-refractivity contribution in [3.05, 3.63) is 45.9 Å². The Labute approximate surface area is 166 Å². The topological polar surface area (TPSA) is 78.4 Å². The number of hydrogen-bond donors (Lipinski definition) is 1. The minimum absolute atomic E-state index is 0.262. The highest BCUT2D eigenvalue weighted by Crippen LogP contribution is 2.38. The van der Waals surface area contributed by atoms with E-state index < -0.39 is 5.91 Å². The summed E-state index contributed by atoms with van der Waals surface area (Å²) in [6.07, 6.45) is 1.42. The number of hydrogen-bond acceptors (Lipinski definition) is 6. The fraction of sp³-hybridized carbons (Fsp3) is 0.222. The number of amides is 1. The summed E-state index contributed by atoms with van der Waals surface area (Å²) < 4.78 is 21.2. The molecule has 0 heterocycles. The number of hydrazone groups is 1. The van der Waals surface area contributed by atoms with Crippen molar-refractivity contribution in [2.24, 2.45) is 5.10 Å². The maximum Gasteiger partial charge on any atom is 0.277 e. The number of methoxy groups -OCH3 is 3. The van der Waals surface area contributed by atoms with E-state index in [1.54, 1.807) is 24.3 Å². The lowest BCUT2D eigenvalue weighted by molar-refractivity contribution is -0.123. The molecule has 0 fully saturated rings. The smallest absolute Gasteiger partial charge is 0.277 e. The second-order valence-corrected chi connectivity index (χ2v) is 5.92. The zero-order valence-corrected chi connectivity index (χ0v) is 16.4. The Morgan fingerprint density at radius 1 is 1.04 bits per heavy atom. The number of nitrogens with one attached hydrogen (secondary N) is 1. The molecule has 9 heteroatoms. The van der Waals surface area contributed by atoms with E-state index >= 15 is 0 Å². The van der Waals surface area contributed by atoms with Crippen LogP contribution >= 0.6 is 23.2 Å². The molecule has 2 aromatic rings. The highest BCUT2D eigenvalue weighted by Gasteiger charge is 2.14. The molecule has 0 unspecified atom stereocenters. The Morgan fingerprint density at radius 3 is 2.37 bits per heavy atom. The molecule has 1 amide bonds. The van der Waals surface area contributed by atoms with Crippen molar-refractivity contribution in [1.29, 1.82) is 0 Å². The minimum Gasteiger partial charge on any atom is -0.493 e. The maximum absolute atomic E-state index is 11.9. The highest BCUT2D eigenvalue weighted by atomic mass is 35.5. The molecule has 1 N–H and O–H groups in total. The van der Waals surface area contributed by atoms with Gasteiger partial charge in [-0.25, -0.2) is 5.43 Å². The van der Waals surface area contributed by atoms with Gasteiger partial charge in [0.25, 0.3) is 5.91 Å². The number of ether oxygens (including phenoxy) is 4. The van der Waals surface area contributed by atoms with Crippen LogP contribution < -0.4 is 24.4 Å². The first-order valence-corrected chi connectivity index (χ1v) is 8.44. The quantitative estimate of drug-likeness (QED) is 0.529. The standard InChI is InChI=1S/C18H18Cl2N2O5/c1-24-15-6-4-11(17(25-2)18(15)26-3)9-21-22-16(23)10-27-14-7-5-12(19)8-13(14)20/h4-9H,10H2,1-3H3,(H,22,23)/b21-9-. The predicted octanol–water partition coefficient (Wildman–Crippen LogP) is 3.55. The third-order valence-electron chi connectivity index (χ3n) is 3.38. The van der Waals surface area contributed by atoms with Crippen LogP contribution in [0.4, 0.5) is 0 Å². The molecule has 0 aliphatic heterocycles. The molecular formula is C18H18Cl2N2O5. The van der Waals surface area contributed by atoms with E-state index in [2.05, 4.69) is 10.5 Å². The van der Waals surface area contributed by atoms with E-state index in [1.807, 2.05) is 0 Å². The third-order valence-corrected chi connectivity index (χ3v) is 3.91. The van der Waals surface area contributed by atoms with Gasteiger partial charge in [-0.15, -0.1) is 0 Å². The Hall–Kier alpha value is -2.64. The Morgan fingerprint density at radius 2 is 1.74 bits per heavy atom. The van der Waals surface area contributed by atoms with Crippen LogP contribution in [-0.4, -0.2) is 40.1 Å². The summed E-state index contributed by atoms with van der Waals surface area (Å²) in [5, 5.41) is 4.69. The van der Waals surface area contributed by atoms with Crippen molar-refractivity contribution in [2.75, 3.05) is 27.9 Å². The lowest BCUT2D eigenvalue weighted by Crippen LogP contribution is -2.24. The number of halogens is 2. The van der Waals surface area contributed by atoms with Crippen LogP contribution in [0, 0.1) is 0 Å². The molecule has 144 valence electrons. The van der Waals surface area contributed by atoms with Crippen LogP contribution in [-0.2, 0) is 4.79 Å². The van der Waals surface area contributed by atoms with Gasteiger partial charge in [0, 0.05) is 10.6 Å². The SMILES string of the molecule is COc1ccc(/C=N\NC(=O)COc2ccc(Cl)cc2Cl)c(OC)c1OC. The summed E-state index contributed by atoms with van der Waals surface area (Å²) in [6, 6.07) is 8.14. The molecule has 27 heavy (non-hydrogen) atoms. The van der Waals surface area contributed by atoms with Gasteiger partial charge in [-0.2, -0.15) is 5.10 Å². The summed E-state index contributed by atoms with van der Waals surface area (Å²) in [5.41, 5.74) is 2.95. The molecule has 0 aromatic heterocycles. The van der Waals surface area contributed by atoms with Gasteiger partial charge in [0.2, 0.25) is 5.75 Å². The molecular weight excluding hydrogens is 395 g/mol. The number of carbonyl (C=O) groups is 1. The molecule has 0 aliphatic rings. The molecule has 0 atom stereocenters. The molecule has 0 radical (unpaired) electrons. The van der Waals surface area contributed by atoms with E-state index in [0.717, 1.165) is 0 Å². The largest absolute Gasteiger partial charge is 0.493 e. The Kier molecular flexibility index (Phi) is 7.57. The monoisotopic (exact) mass is 412 g/mol. The van der Waals surface area contributed by atoms with E-state index in [-0.39, 0.29) is 6.61 Å². The van der Waals surface area contributed by atoms with E-state index in [0.29, 0.717) is 38.6 Å². The number of nitrogens with zero attached hydrogens (tertiary/aromatic N) is 1. The van der Waals surface area contributed by atoms with Crippen LogP contribution in [0.1, 0.15) is 5.56 Å². The van der Waals surface area contributed by atoms with E-state index in [4.69, 9.17) is 42.1 Å². The number of carbonyl (C=O) groups excluding carboxylic acids is 1. The summed E-state index contributed by atoms with van der Waals surface area (Å²) in [6.45, 7) is -0.262. The fourth-order valence-electron chi connectivity index (χ4n) is 2.17. The van der Waals surface area contributed by atoms with Crippen molar-refractivity contribution in [3.8, 4) is 23.0 Å². The molecule has 0 spiro atoms. The average molecular weight is 413 g/mol. The van der Waals surface area contributed by atoms with Crippen molar-refractivity contribution >= 4 is 35.3 Å². The second-order valence-electron chi connectivity index (χ2n) is 5.08. The molecule has 7 nitrogen and oxygen atoms in total. The summed E-state index contributed by atoms with van der Waals surface area (Å²) in [5.74, 6) is 1.26. The lowest BCUT2D eigenvalue weighted by Gasteiger charge is -2.13. The zero-order valence-electron chi connectivity index (χ0n) is 14.9. The fourth-order valence-corrected chi connectivity index (χ4v) is 2.63. The van der Waals surface area contributed by atoms with Gasteiger partial charge in [-0.3, -0.25) is 4.79 Å². The molecule has 2 rings (SSSR count). The number of rotatable bonds is 8. The molecule has 2 aromatic carbocycles. The third kappa shape index (κ3) is 5.42. The Bertz CT molecular complexity index is 843. The van der Waals surface area contributed by atoms with Gasteiger partial charge in [0.15, 0.2) is 18.1 Å². The number of benzene rings is 2. The molecule has 0 saturated carbocycles. The maximum atomic E-state index is 11.9. The second kappa shape index (κ2) is 9.89. The van der Waals surface area contributed by atoms with Gasteiger partial charge in [-0.05, 0) is 30.3 Å². The zero-order chi connectivity index (χ0) is 19.8. The van der Waals surface area contributed by atoms with Gasteiger partial charge in [-0.1, -0.05) is 23.2 Å². The van der Waals surface area contributed by atoms with Gasteiger partial charge in [0.1, 0.15) is 5.75 Å². The van der Waals surface area contributed by atoms with Gasteiger partial charge in [0.05, 0.1) is 32.6 Å². The first kappa shape index (κ1) is 20.7. The average Bonchev–Trinajstić information content (AvgIpc) is 2.66. The van der Waals surface area contributed by atoms with Gasteiger partial charge < -0.3 is 18.9 Å². The summed E-state index contributed by atoms with van der Waals surface area (Å²) in [7, 11) is 4.53. The summed E-state index contributed by atoms with van der Waals surface area (Å²) in [4.78, 5) is 11.9. The van der Waals surface area contributed by atoms with Crippen LogP contribution in [0.25, 0.3) is 0 Å². The van der Waals surface area contributed by atoms with Crippen molar-refractivity contribution in [2.45, 2.75) is 0 Å².